The molecule has 0 unspecified atom stereocenters. The number of aryl methyl sites for hydroxylation is 1. The largest absolute Gasteiger partial charge is 0.422 e. The highest BCUT2D eigenvalue weighted by Crippen LogP contribution is 2.30. The van der Waals surface area contributed by atoms with Gasteiger partial charge in [-0.05, 0) is 30.7 Å². The van der Waals surface area contributed by atoms with E-state index in [-0.39, 0.29) is 21.3 Å². The minimum Gasteiger partial charge on any atom is -0.422 e. The monoisotopic (exact) mass is 347 g/mol. The summed E-state index contributed by atoms with van der Waals surface area (Å²) in [6.45, 7) is 1.83. The lowest BCUT2D eigenvalue weighted by atomic mass is 10.1. The van der Waals surface area contributed by atoms with Crippen LogP contribution in [0.15, 0.2) is 51.7 Å². The van der Waals surface area contributed by atoms with Crippen LogP contribution in [0, 0.1) is 6.92 Å². The van der Waals surface area contributed by atoms with Crippen LogP contribution in [0.4, 0.5) is 5.69 Å². The Hall–Kier alpha value is -2.30. The maximum absolute atomic E-state index is 12.4. The van der Waals surface area contributed by atoms with E-state index in [0.717, 1.165) is 5.56 Å². The van der Waals surface area contributed by atoms with Gasteiger partial charge in [-0.25, -0.2) is 4.79 Å². The molecule has 0 saturated carbocycles. The normalized spacial score (nSPS) is 10.7. The Morgan fingerprint density at radius 3 is 2.43 bits per heavy atom. The molecule has 3 rings (SSSR count). The van der Waals surface area contributed by atoms with Crippen molar-refractivity contribution >= 4 is 45.8 Å². The van der Waals surface area contributed by atoms with Gasteiger partial charge in [-0.1, -0.05) is 47.5 Å². The third-order valence-corrected chi connectivity index (χ3v) is 4.03. The van der Waals surface area contributed by atoms with Crippen LogP contribution < -0.4 is 10.9 Å². The molecule has 2 aromatic carbocycles. The first kappa shape index (κ1) is 15.6. The molecule has 1 heterocycles. The van der Waals surface area contributed by atoms with E-state index in [1.54, 1.807) is 24.3 Å². The number of nitrogens with one attached hydrogen (secondary N) is 1. The second-order valence-electron chi connectivity index (χ2n) is 4.99. The molecule has 3 aromatic rings. The number of fused-ring (bicyclic) bond motifs is 1. The molecule has 23 heavy (non-hydrogen) atoms. The quantitative estimate of drug-likeness (QED) is 0.685. The molecule has 1 N–H and O–H groups in total. The number of amides is 1. The van der Waals surface area contributed by atoms with Crippen LogP contribution in [-0.2, 0) is 0 Å². The summed E-state index contributed by atoms with van der Waals surface area (Å²) in [5, 5.41) is 3.79. The van der Waals surface area contributed by atoms with Crippen LogP contribution in [0.25, 0.3) is 11.0 Å². The fourth-order valence-corrected chi connectivity index (χ4v) is 2.74. The fourth-order valence-electron chi connectivity index (χ4n) is 2.25. The highest BCUT2D eigenvalue weighted by atomic mass is 35.5. The van der Waals surface area contributed by atoms with Gasteiger partial charge in [0.25, 0.3) is 5.91 Å². The standard InChI is InChI=1S/C17H11Cl2NO3/c1-9-4-2-5-10-8-11(17(22)23-15(9)10)16(21)20-14-12(18)6-3-7-13(14)19/h2-8H,1H3,(H,20,21). The van der Waals surface area contributed by atoms with E-state index >= 15 is 0 Å². The zero-order chi connectivity index (χ0) is 16.6. The smallest absolute Gasteiger partial charge is 0.349 e. The van der Waals surface area contributed by atoms with Crippen molar-refractivity contribution in [3.8, 4) is 0 Å². The average molecular weight is 348 g/mol. The fraction of sp³-hybridized carbons (Fsp3) is 0.0588. The molecule has 1 aromatic heterocycles. The van der Waals surface area contributed by atoms with E-state index in [9.17, 15) is 9.59 Å². The number of carbonyl (C=O) groups is 1. The molecule has 0 spiro atoms. The zero-order valence-corrected chi connectivity index (χ0v) is 13.5. The van der Waals surface area contributed by atoms with Gasteiger partial charge in [-0.3, -0.25) is 4.79 Å². The Morgan fingerprint density at radius 1 is 1.09 bits per heavy atom. The first-order chi connectivity index (χ1) is 11.0. The highest BCUT2D eigenvalue weighted by molar-refractivity contribution is 6.40. The molecule has 1 amide bonds. The third-order valence-electron chi connectivity index (χ3n) is 3.40. The first-order valence-corrected chi connectivity index (χ1v) is 7.52. The van der Waals surface area contributed by atoms with E-state index in [4.69, 9.17) is 27.6 Å². The predicted molar refractivity (Wildman–Crippen MR) is 91.6 cm³/mol. The number of benzene rings is 2. The molecule has 0 radical (unpaired) electrons. The Balaban J connectivity index is 2.05. The van der Waals surface area contributed by atoms with Crippen LogP contribution in [0.5, 0.6) is 0 Å². The summed E-state index contributed by atoms with van der Waals surface area (Å²) in [7, 11) is 0. The van der Waals surface area contributed by atoms with E-state index in [2.05, 4.69) is 5.32 Å². The van der Waals surface area contributed by atoms with E-state index in [0.29, 0.717) is 11.0 Å². The van der Waals surface area contributed by atoms with Crippen LogP contribution >= 0.6 is 23.2 Å². The number of rotatable bonds is 2. The van der Waals surface area contributed by atoms with E-state index < -0.39 is 11.5 Å². The van der Waals surface area contributed by atoms with Gasteiger partial charge in [0.2, 0.25) is 0 Å². The molecular formula is C17H11Cl2NO3. The van der Waals surface area contributed by atoms with E-state index in [1.165, 1.54) is 6.07 Å². The summed E-state index contributed by atoms with van der Waals surface area (Å²) in [4.78, 5) is 24.5. The molecule has 4 nitrogen and oxygen atoms in total. The highest BCUT2D eigenvalue weighted by Gasteiger charge is 2.17. The van der Waals surface area contributed by atoms with Crippen molar-refractivity contribution in [2.24, 2.45) is 0 Å². The van der Waals surface area contributed by atoms with Gasteiger partial charge in [0.1, 0.15) is 11.1 Å². The Kier molecular flexibility index (Phi) is 4.11. The minimum absolute atomic E-state index is 0.112. The van der Waals surface area contributed by atoms with Crippen LogP contribution in [0.2, 0.25) is 10.0 Å². The number of hydrogen-bond acceptors (Lipinski definition) is 3. The topological polar surface area (TPSA) is 59.3 Å². The second kappa shape index (κ2) is 6.07. The Morgan fingerprint density at radius 2 is 1.74 bits per heavy atom. The van der Waals surface area contributed by atoms with Crippen molar-refractivity contribution in [1.29, 1.82) is 0 Å². The lowest BCUT2D eigenvalue weighted by Gasteiger charge is -2.09. The molecule has 0 aliphatic heterocycles. The van der Waals surface area contributed by atoms with Gasteiger partial charge >= 0.3 is 5.63 Å². The molecule has 0 bridgehead atoms. The van der Waals surface area contributed by atoms with Gasteiger partial charge in [0.15, 0.2) is 0 Å². The van der Waals surface area contributed by atoms with Crippen molar-refractivity contribution in [2.75, 3.05) is 5.32 Å². The van der Waals surface area contributed by atoms with Gasteiger partial charge < -0.3 is 9.73 Å². The summed E-state index contributed by atoms with van der Waals surface area (Å²) in [5.74, 6) is -0.628. The summed E-state index contributed by atoms with van der Waals surface area (Å²) in [6.07, 6.45) is 0. The average Bonchev–Trinajstić information content (AvgIpc) is 2.51. The van der Waals surface area contributed by atoms with Gasteiger partial charge in [0.05, 0.1) is 15.7 Å². The molecule has 0 atom stereocenters. The van der Waals surface area contributed by atoms with Crippen molar-refractivity contribution in [3.63, 3.8) is 0 Å². The molecule has 0 aliphatic rings. The molecular weight excluding hydrogens is 337 g/mol. The third kappa shape index (κ3) is 2.96. The van der Waals surface area contributed by atoms with E-state index in [1.807, 2.05) is 19.1 Å². The van der Waals surface area contributed by atoms with Crippen LogP contribution in [0.1, 0.15) is 15.9 Å². The first-order valence-electron chi connectivity index (χ1n) is 6.76. The molecule has 0 fully saturated rings. The van der Waals surface area contributed by atoms with Crippen LogP contribution in [-0.4, -0.2) is 5.91 Å². The summed E-state index contributed by atoms with van der Waals surface area (Å²) >= 11 is 12.0. The Labute approximate surface area is 141 Å². The zero-order valence-electron chi connectivity index (χ0n) is 12.0. The van der Waals surface area contributed by atoms with Crippen molar-refractivity contribution in [2.45, 2.75) is 6.92 Å². The molecule has 0 aliphatic carbocycles. The summed E-state index contributed by atoms with van der Waals surface area (Å²) in [5.41, 5.74) is 0.710. The van der Waals surface area contributed by atoms with Gasteiger partial charge in [0, 0.05) is 5.39 Å². The lowest BCUT2D eigenvalue weighted by molar-refractivity contribution is 0.102. The second-order valence-corrected chi connectivity index (χ2v) is 5.81. The molecule has 6 heteroatoms. The number of para-hydroxylation sites is 2. The maximum atomic E-state index is 12.4. The number of carbonyl (C=O) groups excluding carboxylic acids is 1. The van der Waals surface area contributed by atoms with Gasteiger partial charge in [-0.2, -0.15) is 0 Å². The SMILES string of the molecule is Cc1cccc2cc(C(=O)Nc3c(Cl)cccc3Cl)c(=O)oc12. The lowest BCUT2D eigenvalue weighted by Crippen LogP contribution is -2.21. The maximum Gasteiger partial charge on any atom is 0.349 e. The minimum atomic E-state index is -0.715. The summed E-state index contributed by atoms with van der Waals surface area (Å²) in [6, 6.07) is 11.8. The molecule has 116 valence electrons. The van der Waals surface area contributed by atoms with Crippen molar-refractivity contribution in [3.05, 3.63) is 74.1 Å². The summed E-state index contributed by atoms with van der Waals surface area (Å²) < 4.78 is 5.26. The van der Waals surface area contributed by atoms with Crippen molar-refractivity contribution in [1.82, 2.24) is 0 Å². The van der Waals surface area contributed by atoms with Gasteiger partial charge in [-0.15, -0.1) is 0 Å². The van der Waals surface area contributed by atoms with Crippen LogP contribution in [0.3, 0.4) is 0 Å². The Bertz CT molecular complexity index is 959. The molecule has 0 saturated heterocycles. The number of hydrogen-bond donors (Lipinski definition) is 1. The van der Waals surface area contributed by atoms with Crippen molar-refractivity contribution < 1.29 is 9.21 Å². The number of anilines is 1. The predicted octanol–water partition coefficient (Wildman–Crippen LogP) is 4.66. The number of halogens is 2.